The average Bonchev–Trinajstić information content (AvgIpc) is 2.66. The average molecular weight is 522 g/mol. The van der Waals surface area contributed by atoms with Crippen molar-refractivity contribution in [2.24, 2.45) is 0 Å². The molecule has 3 rings (SSSR count). The molecule has 0 N–H and O–H groups in total. The normalized spacial score (nSPS) is 12.8. The number of benzene rings is 3. The molecule has 0 spiro atoms. The van der Waals surface area contributed by atoms with Crippen LogP contribution in [0.2, 0.25) is 0 Å². The molecule has 0 aromatic heterocycles. The maximum atomic E-state index is 12.9. The Morgan fingerprint density at radius 2 is 0.786 bits per heavy atom. The van der Waals surface area contributed by atoms with E-state index in [1.807, 2.05) is 91.0 Å². The van der Waals surface area contributed by atoms with Gasteiger partial charge in [-0.05, 0) is 0 Å². The van der Waals surface area contributed by atoms with Crippen LogP contribution in [0, 0.1) is 0 Å². The molecule has 0 aliphatic carbocycles. The predicted molar refractivity (Wildman–Crippen MR) is 116 cm³/mol. The minimum absolute atomic E-state index is 0.741. The Morgan fingerprint density at radius 1 is 0.536 bits per heavy atom. The molecule has 0 heterocycles. The second-order valence-corrected chi connectivity index (χ2v) is 22.6. The summed E-state index contributed by atoms with van der Waals surface area (Å²) < 4.78 is 54.8. The molecule has 0 radical (unpaired) electrons. The van der Waals surface area contributed by atoms with Gasteiger partial charge in [0.15, 0.2) is 0 Å². The van der Waals surface area contributed by atoms with Crippen molar-refractivity contribution in [1.82, 2.24) is 1.93 Å². The van der Waals surface area contributed by atoms with Crippen molar-refractivity contribution in [3.05, 3.63) is 91.0 Å². The van der Waals surface area contributed by atoms with Crippen LogP contribution in [0.1, 0.15) is 0 Å². The van der Waals surface area contributed by atoms with Gasteiger partial charge in [-0.1, -0.05) is 0 Å². The summed E-state index contributed by atoms with van der Waals surface area (Å²) in [6.45, 7) is 0. The third-order valence-corrected chi connectivity index (χ3v) is 28.2. The van der Waals surface area contributed by atoms with E-state index in [4.69, 9.17) is 0 Å². The summed E-state index contributed by atoms with van der Waals surface area (Å²) in [5, 5.41) is 0. The minimum atomic E-state index is -4.74. The summed E-state index contributed by atoms with van der Waals surface area (Å²) in [7, 11) is -8.17. The van der Waals surface area contributed by atoms with E-state index in [2.05, 4.69) is 0 Å². The molecule has 0 fully saturated rings. The fourth-order valence-corrected chi connectivity index (χ4v) is 29.8. The first-order chi connectivity index (χ1) is 13.2. The predicted octanol–water partition coefficient (Wildman–Crippen LogP) is 0.875. The zero-order chi connectivity index (χ0) is 20.4. The molecule has 146 valence electrons. The molecule has 0 atom stereocenters. The van der Waals surface area contributed by atoms with Crippen molar-refractivity contribution in [2.45, 2.75) is 0 Å². The fourth-order valence-electron chi connectivity index (χ4n) is 3.60. The number of hydrogen-bond donors (Lipinski definition) is 0. The standard InChI is InChI=1S/3C6H5.C2H6NO4S2.Sn/c3*1-2-4-6-5-3-1;1-8(4,5)3-9(2,6)7;/h3*1-5H;1-2H3;/q;;;-1;+1. The zero-order valence-corrected chi connectivity index (χ0v) is 20.0. The van der Waals surface area contributed by atoms with Gasteiger partial charge in [0, 0.05) is 0 Å². The van der Waals surface area contributed by atoms with Crippen molar-refractivity contribution < 1.29 is 16.8 Å². The van der Waals surface area contributed by atoms with Crippen molar-refractivity contribution in [3.8, 4) is 0 Å². The Labute approximate surface area is 171 Å². The molecule has 0 aliphatic rings. The van der Waals surface area contributed by atoms with Crippen molar-refractivity contribution in [2.75, 3.05) is 12.5 Å². The van der Waals surface area contributed by atoms with E-state index in [1.54, 1.807) is 0 Å². The summed E-state index contributed by atoms with van der Waals surface area (Å²) in [5.41, 5.74) is 0. The monoisotopic (exact) mass is 523 g/mol. The number of sulfonamides is 2. The van der Waals surface area contributed by atoms with Crippen LogP contribution in [0.25, 0.3) is 0 Å². The maximum absolute atomic E-state index is 12.9. The Hall–Kier alpha value is -1.68. The summed E-state index contributed by atoms with van der Waals surface area (Å²) >= 11 is -4.74. The van der Waals surface area contributed by atoms with Gasteiger partial charge in [-0.2, -0.15) is 0 Å². The Kier molecular flexibility index (Phi) is 6.00. The van der Waals surface area contributed by atoms with Gasteiger partial charge in [0.25, 0.3) is 0 Å². The van der Waals surface area contributed by atoms with E-state index >= 15 is 0 Å². The Bertz CT molecular complexity index is 1020. The van der Waals surface area contributed by atoms with Crippen molar-refractivity contribution in [1.29, 1.82) is 0 Å². The van der Waals surface area contributed by atoms with Gasteiger partial charge in [0.2, 0.25) is 0 Å². The van der Waals surface area contributed by atoms with Gasteiger partial charge in [0.1, 0.15) is 0 Å². The molecule has 3 aromatic rings. The molecule has 3 aromatic carbocycles. The quantitative estimate of drug-likeness (QED) is 0.451. The number of nitrogens with zero attached hydrogens (tertiary/aromatic N) is 1. The summed E-state index contributed by atoms with van der Waals surface area (Å²) in [6, 6.07) is 27.4. The molecule has 8 heteroatoms. The second kappa shape index (κ2) is 7.98. The molecule has 5 nitrogen and oxygen atoms in total. The summed E-state index contributed by atoms with van der Waals surface area (Å²) in [4.78, 5) is 0. The summed E-state index contributed by atoms with van der Waals surface area (Å²) in [5.74, 6) is 0. The van der Waals surface area contributed by atoms with Crippen molar-refractivity contribution >= 4 is 49.4 Å². The topological polar surface area (TPSA) is 71.5 Å². The first kappa shape index (κ1) is 21.0. The molecule has 0 saturated heterocycles. The second-order valence-electron chi connectivity index (χ2n) is 6.53. The van der Waals surface area contributed by atoms with E-state index in [0.29, 0.717) is 0 Å². The Morgan fingerprint density at radius 3 is 1.00 bits per heavy atom. The molecule has 0 amide bonds. The van der Waals surface area contributed by atoms with Crippen LogP contribution >= 0.6 is 0 Å². The molecular weight excluding hydrogens is 501 g/mol. The SMILES string of the molecule is CS(=O)(=O)[N](S(C)(=O)=O)[Sn]([c]1ccccc1)([c]1ccccc1)[c]1ccccc1. The first-order valence-corrected chi connectivity index (χ1v) is 17.8. The van der Waals surface area contributed by atoms with Crippen LogP contribution in [-0.2, 0) is 20.0 Å². The Balaban J connectivity index is 2.59. The molecule has 28 heavy (non-hydrogen) atoms. The van der Waals surface area contributed by atoms with Gasteiger partial charge >= 0.3 is 172 Å². The van der Waals surface area contributed by atoms with Gasteiger partial charge in [-0.25, -0.2) is 0 Å². The fraction of sp³-hybridized carbons (Fsp3) is 0.100. The van der Waals surface area contributed by atoms with Gasteiger partial charge in [0.05, 0.1) is 0 Å². The molecule has 0 saturated carbocycles. The number of rotatable bonds is 6. The third kappa shape index (κ3) is 3.89. The number of hydrogen-bond acceptors (Lipinski definition) is 4. The molecular formula is C20H21NO4S2Sn. The van der Waals surface area contributed by atoms with E-state index in [0.717, 1.165) is 25.2 Å². The van der Waals surface area contributed by atoms with Gasteiger partial charge in [-0.3, -0.25) is 0 Å². The van der Waals surface area contributed by atoms with E-state index < -0.39 is 38.7 Å². The molecule has 0 bridgehead atoms. The van der Waals surface area contributed by atoms with Crippen LogP contribution in [-0.4, -0.2) is 49.9 Å². The van der Waals surface area contributed by atoms with E-state index in [-0.39, 0.29) is 0 Å². The molecule has 0 unspecified atom stereocenters. The first-order valence-electron chi connectivity index (χ1n) is 8.55. The van der Waals surface area contributed by atoms with Crippen molar-refractivity contribution in [3.63, 3.8) is 0 Å². The van der Waals surface area contributed by atoms with Crippen LogP contribution in [0.5, 0.6) is 0 Å². The zero-order valence-electron chi connectivity index (χ0n) is 15.6. The van der Waals surface area contributed by atoms with Crippen LogP contribution < -0.4 is 10.7 Å². The van der Waals surface area contributed by atoms with E-state index in [1.165, 1.54) is 0 Å². The van der Waals surface area contributed by atoms with Gasteiger partial charge in [-0.15, -0.1) is 0 Å². The third-order valence-electron chi connectivity index (χ3n) is 4.45. The summed E-state index contributed by atoms with van der Waals surface area (Å²) in [6.07, 6.45) is 1.93. The molecule has 0 aliphatic heterocycles. The van der Waals surface area contributed by atoms with Gasteiger partial charge < -0.3 is 0 Å². The van der Waals surface area contributed by atoms with Crippen LogP contribution in [0.15, 0.2) is 91.0 Å². The van der Waals surface area contributed by atoms with E-state index in [9.17, 15) is 16.8 Å². The van der Waals surface area contributed by atoms with Crippen LogP contribution in [0.4, 0.5) is 0 Å². The van der Waals surface area contributed by atoms with Crippen LogP contribution in [0.3, 0.4) is 0 Å².